The van der Waals surface area contributed by atoms with Gasteiger partial charge in [0.15, 0.2) is 11.5 Å². The highest BCUT2D eigenvalue weighted by molar-refractivity contribution is 7.85. The molecule has 3 aromatic carbocycles. The molecule has 0 fully saturated rings. The summed E-state index contributed by atoms with van der Waals surface area (Å²) in [4.78, 5) is 17.5. The quantitative estimate of drug-likeness (QED) is 0.213. The number of azo groups is 1. The van der Waals surface area contributed by atoms with E-state index in [9.17, 15) is 18.5 Å². The van der Waals surface area contributed by atoms with Crippen LogP contribution in [-0.4, -0.2) is 34.1 Å². The van der Waals surface area contributed by atoms with E-state index in [1.807, 2.05) is 6.07 Å². The van der Waals surface area contributed by atoms with Crippen LogP contribution in [0.25, 0.3) is 16.6 Å². The second-order valence-electron chi connectivity index (χ2n) is 7.96. The monoisotopic (exact) mass is 511 g/mol. The van der Waals surface area contributed by atoms with Gasteiger partial charge in [-0.25, -0.2) is 4.98 Å². The van der Waals surface area contributed by atoms with Crippen LogP contribution in [0.3, 0.4) is 0 Å². The van der Waals surface area contributed by atoms with E-state index in [-0.39, 0.29) is 16.2 Å². The lowest BCUT2D eigenvalue weighted by molar-refractivity contribution is 0.0992. The Labute approximate surface area is 210 Å². The van der Waals surface area contributed by atoms with Gasteiger partial charge in [-0.3, -0.25) is 19.3 Å². The Bertz CT molecular complexity index is 1790. The first-order valence-corrected chi connectivity index (χ1v) is 12.3. The second kappa shape index (κ2) is 9.23. The fourth-order valence-electron chi connectivity index (χ4n) is 3.74. The summed E-state index contributed by atoms with van der Waals surface area (Å²) in [5, 5.41) is 22.1. The molecule has 0 aliphatic carbocycles. The molecule has 0 saturated carbocycles. The Morgan fingerprint density at radius 3 is 2.22 bits per heavy atom. The number of carbonyl (C=O) groups is 1. The summed E-state index contributed by atoms with van der Waals surface area (Å²) >= 11 is 0. The summed E-state index contributed by atoms with van der Waals surface area (Å²) in [6.07, 6.45) is 0. The van der Waals surface area contributed by atoms with Crippen LogP contribution >= 0.6 is 0 Å². The predicted molar refractivity (Wildman–Crippen MR) is 136 cm³/mol. The van der Waals surface area contributed by atoms with Crippen molar-refractivity contribution in [1.29, 1.82) is 5.26 Å². The smallest absolute Gasteiger partial charge is 0.282 e. The van der Waals surface area contributed by atoms with Crippen molar-refractivity contribution in [2.75, 3.05) is 5.43 Å². The standard InChI is InChI=1S/C25H17N7O4S/c1-15-20(14-26)24-27-21-4-2-3-5-22(21)32(24)25(33)23(15)31-30-17-8-6-16(7-9-17)28-29-18-10-12-19(13-11-18)37(34,35)36/h2-13,30H,1H3,(H,34,35,36)/b29-28?,31-23+. The Morgan fingerprint density at radius 2 is 1.59 bits per heavy atom. The van der Waals surface area contributed by atoms with Crippen LogP contribution in [0, 0.1) is 11.3 Å². The lowest BCUT2D eigenvalue weighted by Crippen LogP contribution is -2.30. The maximum Gasteiger partial charge on any atom is 0.294 e. The van der Waals surface area contributed by atoms with Crippen LogP contribution in [0.1, 0.15) is 17.5 Å². The van der Waals surface area contributed by atoms with Gasteiger partial charge in [0, 0.05) is 5.57 Å². The number of allylic oxidation sites excluding steroid dienone is 2. The minimum atomic E-state index is -4.27. The van der Waals surface area contributed by atoms with Gasteiger partial charge in [-0.2, -0.15) is 29.0 Å². The lowest BCUT2D eigenvalue weighted by atomic mass is 10.0. The third kappa shape index (κ3) is 4.52. The van der Waals surface area contributed by atoms with E-state index in [0.717, 1.165) is 0 Å². The summed E-state index contributed by atoms with van der Waals surface area (Å²) in [5.41, 5.74) is 6.35. The van der Waals surface area contributed by atoms with Crippen LogP contribution in [0.5, 0.6) is 0 Å². The number of benzene rings is 3. The van der Waals surface area contributed by atoms with Crippen molar-refractivity contribution in [2.24, 2.45) is 15.3 Å². The summed E-state index contributed by atoms with van der Waals surface area (Å²) in [7, 11) is -4.27. The summed E-state index contributed by atoms with van der Waals surface area (Å²) in [6, 6.07) is 21.3. The number of hydrogen-bond donors (Lipinski definition) is 2. The molecule has 0 unspecified atom stereocenters. The topological polar surface area (TPSA) is 162 Å². The average molecular weight is 512 g/mol. The van der Waals surface area contributed by atoms with E-state index < -0.39 is 16.0 Å². The number of aromatic nitrogens is 2. The molecule has 2 heterocycles. The largest absolute Gasteiger partial charge is 0.294 e. The first kappa shape index (κ1) is 23.7. The van der Waals surface area contributed by atoms with Gasteiger partial charge in [0.2, 0.25) is 0 Å². The van der Waals surface area contributed by atoms with Gasteiger partial charge in [-0.05, 0) is 67.6 Å². The van der Waals surface area contributed by atoms with Gasteiger partial charge in [0.25, 0.3) is 16.0 Å². The van der Waals surface area contributed by atoms with Crippen molar-refractivity contribution in [3.63, 3.8) is 0 Å². The van der Waals surface area contributed by atoms with E-state index in [2.05, 4.69) is 31.8 Å². The van der Waals surface area contributed by atoms with Gasteiger partial charge in [-0.15, -0.1) is 0 Å². The second-order valence-corrected chi connectivity index (χ2v) is 9.39. The van der Waals surface area contributed by atoms with E-state index >= 15 is 0 Å². The van der Waals surface area contributed by atoms with Gasteiger partial charge in [0.05, 0.1) is 33.0 Å². The number of hydrazone groups is 1. The molecule has 0 radical (unpaired) electrons. The number of nitrogens with one attached hydrogen (secondary N) is 1. The molecular weight excluding hydrogens is 494 g/mol. The van der Waals surface area contributed by atoms with Crippen molar-refractivity contribution < 1.29 is 17.8 Å². The molecule has 11 nitrogen and oxygen atoms in total. The van der Waals surface area contributed by atoms with Gasteiger partial charge in [0.1, 0.15) is 11.6 Å². The number of nitriles is 1. The molecule has 182 valence electrons. The van der Waals surface area contributed by atoms with Crippen LogP contribution < -0.4 is 5.43 Å². The Morgan fingerprint density at radius 1 is 0.973 bits per heavy atom. The Hall–Kier alpha value is -4.99. The third-order valence-electron chi connectivity index (χ3n) is 5.61. The first-order chi connectivity index (χ1) is 17.8. The van der Waals surface area contributed by atoms with Crippen molar-refractivity contribution >= 4 is 55.4 Å². The maximum atomic E-state index is 13.3. The molecule has 0 saturated heterocycles. The minimum absolute atomic E-state index is 0.101. The first-order valence-electron chi connectivity index (χ1n) is 10.8. The van der Waals surface area contributed by atoms with E-state index in [1.54, 1.807) is 49.4 Å². The SMILES string of the molecule is CC1=C(C#N)c2nc3ccccc3n2C(=O)/C1=N/Nc1ccc(N=Nc2ccc(S(=O)(=O)O)cc2)cc1. The zero-order valence-corrected chi connectivity index (χ0v) is 20.0. The lowest BCUT2D eigenvalue weighted by Gasteiger charge is -2.17. The zero-order valence-electron chi connectivity index (χ0n) is 19.2. The Kier molecular flexibility index (Phi) is 5.92. The molecule has 5 rings (SSSR count). The Balaban J connectivity index is 1.36. The highest BCUT2D eigenvalue weighted by atomic mass is 32.2. The molecule has 37 heavy (non-hydrogen) atoms. The molecule has 0 spiro atoms. The van der Waals surface area contributed by atoms with Crippen molar-refractivity contribution in [3.8, 4) is 6.07 Å². The van der Waals surface area contributed by atoms with Crippen molar-refractivity contribution in [3.05, 3.63) is 84.2 Å². The molecule has 0 bridgehead atoms. The van der Waals surface area contributed by atoms with Crippen LogP contribution in [0.4, 0.5) is 17.1 Å². The maximum absolute atomic E-state index is 13.3. The fraction of sp³-hybridized carbons (Fsp3) is 0.0400. The normalized spacial score (nSPS) is 14.8. The van der Waals surface area contributed by atoms with Crippen molar-refractivity contribution in [1.82, 2.24) is 9.55 Å². The number of rotatable bonds is 5. The van der Waals surface area contributed by atoms with Gasteiger partial charge < -0.3 is 0 Å². The number of anilines is 1. The van der Waals surface area contributed by atoms with E-state index in [1.165, 1.54) is 28.8 Å². The summed E-state index contributed by atoms with van der Waals surface area (Å²) in [5.74, 6) is -0.0920. The molecule has 2 N–H and O–H groups in total. The number of nitrogens with zero attached hydrogens (tertiary/aromatic N) is 6. The van der Waals surface area contributed by atoms with E-state index in [4.69, 9.17) is 4.55 Å². The highest BCUT2D eigenvalue weighted by Crippen LogP contribution is 2.29. The predicted octanol–water partition coefficient (Wildman–Crippen LogP) is 5.12. The third-order valence-corrected chi connectivity index (χ3v) is 6.48. The van der Waals surface area contributed by atoms with Crippen LogP contribution in [0.15, 0.2) is 98.6 Å². The van der Waals surface area contributed by atoms with Crippen LogP contribution in [-0.2, 0) is 10.1 Å². The fourth-order valence-corrected chi connectivity index (χ4v) is 4.22. The van der Waals surface area contributed by atoms with Crippen molar-refractivity contribution in [2.45, 2.75) is 11.8 Å². The zero-order chi connectivity index (χ0) is 26.2. The molecule has 1 aliphatic rings. The number of hydrogen-bond acceptors (Lipinski definition) is 9. The number of para-hydroxylation sites is 2. The molecule has 1 aromatic heterocycles. The number of fused-ring (bicyclic) bond motifs is 3. The van der Waals surface area contributed by atoms with Gasteiger partial charge in [-0.1, -0.05) is 12.1 Å². The van der Waals surface area contributed by atoms with Crippen LogP contribution in [0.2, 0.25) is 0 Å². The number of imidazole rings is 1. The molecule has 0 atom stereocenters. The average Bonchev–Trinajstić information content (AvgIpc) is 3.27. The number of carbonyl (C=O) groups excluding carboxylic acids is 1. The van der Waals surface area contributed by atoms with E-state index in [0.29, 0.717) is 39.5 Å². The molecular formula is C25H17N7O4S. The summed E-state index contributed by atoms with van der Waals surface area (Å²) < 4.78 is 32.7. The molecule has 12 heteroatoms. The minimum Gasteiger partial charge on any atom is -0.282 e. The highest BCUT2D eigenvalue weighted by Gasteiger charge is 2.32. The molecule has 1 aliphatic heterocycles. The molecule has 4 aromatic rings. The summed E-state index contributed by atoms with van der Waals surface area (Å²) in [6.45, 7) is 1.66. The van der Waals surface area contributed by atoms with Gasteiger partial charge >= 0.3 is 0 Å². The molecule has 0 amide bonds.